The summed E-state index contributed by atoms with van der Waals surface area (Å²) in [4.78, 5) is 24.6. The van der Waals surface area contributed by atoms with Crippen molar-refractivity contribution in [3.05, 3.63) is 12.2 Å². The lowest BCUT2D eigenvalue weighted by molar-refractivity contribution is -0.143. The molecule has 0 aliphatic rings. The highest BCUT2D eigenvalue weighted by molar-refractivity contribution is 5.76. The first kappa shape index (κ1) is 89.6. The number of unbranched alkanes of at least 4 members (excludes halogenated alkanes) is 68. The van der Waals surface area contributed by atoms with Gasteiger partial charge in [-0.3, -0.25) is 9.59 Å². The van der Waals surface area contributed by atoms with Crippen LogP contribution in [0.2, 0.25) is 0 Å². The monoisotopic (exact) mass is 1280 g/mol. The van der Waals surface area contributed by atoms with Crippen LogP contribution in [-0.2, 0) is 14.3 Å². The lowest BCUT2D eigenvalue weighted by Gasteiger charge is -2.22. The van der Waals surface area contributed by atoms with E-state index in [0.717, 1.165) is 38.5 Å². The Bertz CT molecular complexity index is 1380. The number of aliphatic hydroxyl groups excluding tert-OH is 2. The van der Waals surface area contributed by atoms with Gasteiger partial charge in [-0.05, 0) is 51.4 Å². The van der Waals surface area contributed by atoms with Crippen LogP contribution < -0.4 is 5.32 Å². The Labute approximate surface area is 571 Å². The number of esters is 1. The molecule has 2 unspecified atom stereocenters. The first-order valence-corrected chi connectivity index (χ1v) is 42.4. The van der Waals surface area contributed by atoms with Gasteiger partial charge >= 0.3 is 5.97 Å². The van der Waals surface area contributed by atoms with Crippen molar-refractivity contribution in [2.45, 2.75) is 508 Å². The van der Waals surface area contributed by atoms with Gasteiger partial charge in [0.2, 0.25) is 5.91 Å². The molecule has 1 amide bonds. The molecule has 0 heterocycles. The lowest BCUT2D eigenvalue weighted by Crippen LogP contribution is -2.45. The van der Waals surface area contributed by atoms with Gasteiger partial charge in [0, 0.05) is 12.8 Å². The summed E-state index contributed by atoms with van der Waals surface area (Å²) in [5, 5.41) is 23.5. The highest BCUT2D eigenvalue weighted by Gasteiger charge is 2.20. The lowest BCUT2D eigenvalue weighted by atomic mass is 10.0. The number of hydrogen-bond acceptors (Lipinski definition) is 5. The minimum atomic E-state index is -0.662. The van der Waals surface area contributed by atoms with Gasteiger partial charge in [0.15, 0.2) is 0 Å². The largest absolute Gasteiger partial charge is 0.466 e. The van der Waals surface area contributed by atoms with Crippen LogP contribution in [0.15, 0.2) is 12.2 Å². The Morgan fingerprint density at radius 3 is 0.780 bits per heavy atom. The normalized spacial score (nSPS) is 12.4. The number of nitrogens with one attached hydrogen (secondary N) is 1. The maximum atomic E-state index is 12.6. The Hall–Kier alpha value is -1.40. The summed E-state index contributed by atoms with van der Waals surface area (Å²) in [5.41, 5.74) is 0. The van der Waals surface area contributed by atoms with E-state index < -0.39 is 12.1 Å². The van der Waals surface area contributed by atoms with Gasteiger partial charge in [-0.2, -0.15) is 0 Å². The molecule has 2 atom stereocenters. The van der Waals surface area contributed by atoms with E-state index in [9.17, 15) is 19.8 Å². The fourth-order valence-electron chi connectivity index (χ4n) is 13.9. The van der Waals surface area contributed by atoms with Crippen molar-refractivity contribution in [1.29, 1.82) is 0 Å². The maximum absolute atomic E-state index is 12.6. The molecule has 0 aliphatic heterocycles. The van der Waals surface area contributed by atoms with Crippen LogP contribution in [0.3, 0.4) is 0 Å². The van der Waals surface area contributed by atoms with Gasteiger partial charge in [0.25, 0.3) is 0 Å². The van der Waals surface area contributed by atoms with Crippen molar-refractivity contribution in [3.8, 4) is 0 Å². The number of amides is 1. The van der Waals surface area contributed by atoms with Gasteiger partial charge in [0.1, 0.15) is 0 Å². The number of rotatable bonds is 81. The van der Waals surface area contributed by atoms with Crippen LogP contribution in [-0.4, -0.2) is 47.4 Å². The summed E-state index contributed by atoms with van der Waals surface area (Å²) in [7, 11) is 0. The molecule has 6 nitrogen and oxygen atoms in total. The Balaban J connectivity index is 3.32. The fraction of sp³-hybridized carbons (Fsp3) is 0.953. The van der Waals surface area contributed by atoms with E-state index in [2.05, 4.69) is 31.3 Å². The molecule has 0 radical (unpaired) electrons. The van der Waals surface area contributed by atoms with E-state index in [0.29, 0.717) is 25.9 Å². The van der Waals surface area contributed by atoms with E-state index in [4.69, 9.17) is 4.74 Å². The fourth-order valence-corrected chi connectivity index (χ4v) is 13.9. The molecule has 3 N–H and O–H groups in total. The molecule has 91 heavy (non-hydrogen) atoms. The highest BCUT2D eigenvalue weighted by Crippen LogP contribution is 2.21. The number of hydrogen-bond donors (Lipinski definition) is 3. The van der Waals surface area contributed by atoms with Gasteiger partial charge < -0.3 is 20.3 Å². The van der Waals surface area contributed by atoms with Crippen LogP contribution in [0.5, 0.6) is 0 Å². The second-order valence-electron chi connectivity index (χ2n) is 29.5. The third-order valence-electron chi connectivity index (χ3n) is 20.3. The average molecular weight is 1280 g/mol. The predicted molar refractivity (Wildman–Crippen MR) is 403 cm³/mol. The van der Waals surface area contributed by atoms with Crippen LogP contribution in [0.4, 0.5) is 0 Å². The molecular weight excluding hydrogens is 1110 g/mol. The summed E-state index contributed by atoms with van der Waals surface area (Å²) in [5.74, 6) is 0.000870. The molecule has 0 aliphatic carbocycles. The molecule has 0 spiro atoms. The van der Waals surface area contributed by atoms with Crippen LogP contribution in [0.25, 0.3) is 0 Å². The minimum Gasteiger partial charge on any atom is -0.466 e. The number of carbonyl (C=O) groups is 2. The van der Waals surface area contributed by atoms with Crippen molar-refractivity contribution in [2.75, 3.05) is 13.2 Å². The van der Waals surface area contributed by atoms with Gasteiger partial charge in [-0.25, -0.2) is 0 Å². The number of ether oxygens (including phenoxy) is 1. The zero-order valence-corrected chi connectivity index (χ0v) is 62.4. The molecule has 0 rings (SSSR count). The molecule has 0 fully saturated rings. The standard InChI is InChI=1S/C85H167NO5/c1-3-5-7-9-11-13-15-17-18-19-20-21-41-44-47-50-54-57-61-65-69-73-77-83(88)82(81-87)86-84(89)78-74-70-66-62-58-55-51-48-45-42-39-37-35-33-31-29-27-25-23-22-24-26-28-30-32-34-36-38-40-43-46-49-52-56-60-64-68-72-76-80-91-85(90)79-75-71-67-63-59-53-16-14-12-10-8-6-4-2/h22-23,82-83,87-88H,3-21,24-81H2,1-2H3,(H,86,89)/b23-22-. The number of carbonyl (C=O) groups excluding carboxylic acids is 2. The topological polar surface area (TPSA) is 95.9 Å². The van der Waals surface area contributed by atoms with Crippen molar-refractivity contribution in [1.82, 2.24) is 5.32 Å². The molecule has 0 saturated carbocycles. The van der Waals surface area contributed by atoms with Gasteiger partial charge in [0.05, 0.1) is 25.4 Å². The predicted octanol–water partition coefficient (Wildman–Crippen LogP) is 28.2. The van der Waals surface area contributed by atoms with E-state index >= 15 is 0 Å². The van der Waals surface area contributed by atoms with E-state index in [-0.39, 0.29) is 18.5 Å². The summed E-state index contributed by atoms with van der Waals surface area (Å²) in [6.07, 6.45) is 103. The third-order valence-corrected chi connectivity index (χ3v) is 20.3. The smallest absolute Gasteiger partial charge is 0.305 e. The molecule has 542 valence electrons. The first-order valence-electron chi connectivity index (χ1n) is 42.4. The summed E-state index contributed by atoms with van der Waals surface area (Å²) in [6.45, 7) is 5.02. The van der Waals surface area contributed by atoms with E-state index in [1.54, 1.807) is 0 Å². The molecule has 0 aromatic heterocycles. The summed E-state index contributed by atoms with van der Waals surface area (Å²) in [6, 6.07) is -0.539. The SMILES string of the molecule is CCCCCCCCCCCCCCCCCCCCCCCCC(O)C(CO)NC(=O)CCCCCCCCCCCCCCCCCCC/C=C\CCCCCCCCCCCCCCCCCCCCOC(=O)CCCCCCCCCCCCCCC. The average Bonchev–Trinajstić information content (AvgIpc) is 3.75. The quantitative estimate of drug-likeness (QED) is 0.0320. The second kappa shape index (κ2) is 81.0. The van der Waals surface area contributed by atoms with Gasteiger partial charge in [-0.15, -0.1) is 0 Å². The van der Waals surface area contributed by atoms with Crippen LogP contribution in [0, 0.1) is 0 Å². The van der Waals surface area contributed by atoms with Crippen molar-refractivity contribution in [2.24, 2.45) is 0 Å². The molecule has 0 aromatic rings. The summed E-state index contributed by atoms with van der Waals surface area (Å²) >= 11 is 0. The van der Waals surface area contributed by atoms with Crippen molar-refractivity contribution in [3.63, 3.8) is 0 Å². The summed E-state index contributed by atoms with van der Waals surface area (Å²) < 4.78 is 5.50. The second-order valence-corrected chi connectivity index (χ2v) is 29.5. The molecular formula is C85H167NO5. The Morgan fingerprint density at radius 1 is 0.297 bits per heavy atom. The first-order chi connectivity index (χ1) is 45.0. The maximum Gasteiger partial charge on any atom is 0.305 e. The minimum absolute atomic E-state index is 0.0244. The Morgan fingerprint density at radius 2 is 0.516 bits per heavy atom. The van der Waals surface area contributed by atoms with Crippen molar-refractivity contribution >= 4 is 11.9 Å². The molecule has 0 bridgehead atoms. The van der Waals surface area contributed by atoms with Crippen LogP contribution in [0.1, 0.15) is 495 Å². The van der Waals surface area contributed by atoms with Crippen molar-refractivity contribution < 1.29 is 24.5 Å². The third kappa shape index (κ3) is 77.5. The number of aliphatic hydroxyl groups is 2. The van der Waals surface area contributed by atoms with E-state index in [1.165, 1.54) is 424 Å². The zero-order chi connectivity index (χ0) is 65.6. The van der Waals surface area contributed by atoms with Gasteiger partial charge in [-0.1, -0.05) is 443 Å². The Kier molecular flexibility index (Phi) is 79.8. The molecule has 6 heteroatoms. The zero-order valence-electron chi connectivity index (χ0n) is 62.4. The van der Waals surface area contributed by atoms with E-state index in [1.807, 2.05) is 0 Å². The molecule has 0 aromatic carbocycles. The molecule has 0 saturated heterocycles. The van der Waals surface area contributed by atoms with Crippen LogP contribution >= 0.6 is 0 Å². The highest BCUT2D eigenvalue weighted by atomic mass is 16.5. The number of allylic oxidation sites excluding steroid dienone is 2.